The van der Waals surface area contributed by atoms with Gasteiger partial charge in [0.1, 0.15) is 3.64 Å². The minimum Gasteiger partial charge on any atom is -0.121 e. The summed E-state index contributed by atoms with van der Waals surface area (Å²) in [6.45, 7) is 6.38. The Bertz CT molecular complexity index is 394. The molecule has 0 radical (unpaired) electrons. The first-order chi connectivity index (χ1) is 6.31. The quantitative estimate of drug-likeness (QED) is 0.590. The third-order valence-electron chi connectivity index (χ3n) is 2.23. The SMILES string of the molecule is Cc1ccc(SP(=S)(S)S)c(C)c1C. The van der Waals surface area contributed by atoms with Crippen LogP contribution in [0.15, 0.2) is 17.0 Å². The average molecular weight is 280 g/mol. The first-order valence-electron chi connectivity index (χ1n) is 4.13. The van der Waals surface area contributed by atoms with Crippen molar-refractivity contribution in [1.82, 2.24) is 0 Å². The van der Waals surface area contributed by atoms with Crippen LogP contribution in [-0.4, -0.2) is 0 Å². The minimum absolute atomic E-state index is 1.21. The molecule has 0 aromatic heterocycles. The molecule has 0 amide bonds. The Morgan fingerprint density at radius 1 is 1.14 bits per heavy atom. The standard InChI is InChI=1S/C9H13PS4/c1-6-4-5-9(8(3)7(6)2)14-10(11,12)13/h4-5H,1-3H3,(H2,11,12,13). The lowest BCUT2D eigenvalue weighted by atomic mass is 10.1. The molecule has 0 heterocycles. The molecule has 14 heavy (non-hydrogen) atoms. The van der Waals surface area contributed by atoms with Crippen molar-refractivity contribution < 1.29 is 0 Å². The fourth-order valence-electron chi connectivity index (χ4n) is 1.16. The van der Waals surface area contributed by atoms with Crippen LogP contribution in [0.1, 0.15) is 16.7 Å². The van der Waals surface area contributed by atoms with Crippen molar-refractivity contribution >= 4 is 51.3 Å². The van der Waals surface area contributed by atoms with E-state index < -0.39 is 3.64 Å². The van der Waals surface area contributed by atoms with Crippen molar-refractivity contribution in [2.75, 3.05) is 0 Å². The van der Waals surface area contributed by atoms with Gasteiger partial charge in [-0.1, -0.05) is 29.3 Å². The van der Waals surface area contributed by atoms with Gasteiger partial charge >= 0.3 is 0 Å². The van der Waals surface area contributed by atoms with Gasteiger partial charge in [0.25, 0.3) is 0 Å². The monoisotopic (exact) mass is 280 g/mol. The third kappa shape index (κ3) is 3.49. The van der Waals surface area contributed by atoms with E-state index in [9.17, 15) is 0 Å². The molecule has 0 bridgehead atoms. The summed E-state index contributed by atoms with van der Waals surface area (Å²) < 4.78 is -1.81. The zero-order valence-electron chi connectivity index (χ0n) is 8.31. The third-order valence-corrected chi connectivity index (χ3v) is 6.55. The zero-order chi connectivity index (χ0) is 10.9. The van der Waals surface area contributed by atoms with Crippen molar-refractivity contribution in [3.8, 4) is 0 Å². The Hall–Kier alpha value is 0.920. The van der Waals surface area contributed by atoms with Gasteiger partial charge in [0, 0.05) is 4.90 Å². The summed E-state index contributed by atoms with van der Waals surface area (Å²) in [5, 5.41) is 0. The topological polar surface area (TPSA) is 0 Å². The zero-order valence-corrected chi connectivity index (χ0v) is 12.6. The van der Waals surface area contributed by atoms with Gasteiger partial charge in [0.05, 0.1) is 0 Å². The second-order valence-corrected chi connectivity index (χ2v) is 17.1. The van der Waals surface area contributed by atoms with E-state index in [2.05, 4.69) is 57.4 Å². The molecule has 0 aliphatic carbocycles. The molecule has 0 aliphatic rings. The molecular formula is C9H13PS4. The number of thiol groups is 2. The molecule has 0 saturated carbocycles. The van der Waals surface area contributed by atoms with Gasteiger partial charge in [-0.15, -0.1) is 24.5 Å². The first kappa shape index (κ1) is 13.0. The van der Waals surface area contributed by atoms with Crippen LogP contribution in [-0.2, 0) is 11.8 Å². The number of hydrogen-bond acceptors (Lipinski definition) is 2. The van der Waals surface area contributed by atoms with Crippen molar-refractivity contribution in [2.24, 2.45) is 0 Å². The first-order valence-corrected chi connectivity index (χ1v) is 10.7. The van der Waals surface area contributed by atoms with Crippen molar-refractivity contribution in [3.63, 3.8) is 0 Å². The molecule has 78 valence electrons. The number of aryl methyl sites for hydroxylation is 1. The molecule has 0 spiro atoms. The number of hydrogen-bond donors (Lipinski definition) is 2. The van der Waals surface area contributed by atoms with Gasteiger partial charge < -0.3 is 0 Å². The van der Waals surface area contributed by atoms with Crippen LogP contribution in [0, 0.1) is 20.8 Å². The second kappa shape index (κ2) is 4.84. The lowest BCUT2D eigenvalue weighted by Crippen LogP contribution is -1.87. The molecule has 1 aromatic carbocycles. The predicted molar refractivity (Wildman–Crippen MR) is 78.8 cm³/mol. The fraction of sp³-hybridized carbons (Fsp3) is 0.333. The summed E-state index contributed by atoms with van der Waals surface area (Å²) in [6.07, 6.45) is 0. The molecule has 5 heteroatoms. The Morgan fingerprint density at radius 3 is 2.21 bits per heavy atom. The maximum atomic E-state index is 5.21. The van der Waals surface area contributed by atoms with Crippen LogP contribution in [0.4, 0.5) is 0 Å². The Kier molecular flexibility index (Phi) is 4.49. The van der Waals surface area contributed by atoms with Gasteiger partial charge in [0.2, 0.25) is 0 Å². The highest BCUT2D eigenvalue weighted by atomic mass is 33.5. The summed E-state index contributed by atoms with van der Waals surface area (Å²) in [6, 6.07) is 4.23. The molecule has 0 atom stereocenters. The van der Waals surface area contributed by atoms with Gasteiger partial charge in [-0.2, -0.15) is 0 Å². The van der Waals surface area contributed by atoms with Crippen molar-refractivity contribution in [3.05, 3.63) is 28.8 Å². The molecule has 0 fully saturated rings. The Labute approximate surface area is 105 Å². The minimum atomic E-state index is -1.81. The van der Waals surface area contributed by atoms with E-state index in [1.807, 2.05) is 0 Å². The van der Waals surface area contributed by atoms with Crippen LogP contribution in [0.5, 0.6) is 0 Å². The smallest absolute Gasteiger partial charge is 0.108 e. The van der Waals surface area contributed by atoms with Crippen LogP contribution < -0.4 is 0 Å². The predicted octanol–water partition coefficient (Wildman–Crippen LogP) is 4.79. The van der Waals surface area contributed by atoms with E-state index >= 15 is 0 Å². The average Bonchev–Trinajstić information content (AvgIpc) is 2.04. The molecular weight excluding hydrogens is 267 g/mol. The Morgan fingerprint density at radius 2 is 1.71 bits per heavy atom. The molecule has 0 saturated heterocycles. The number of benzene rings is 1. The maximum Gasteiger partial charge on any atom is 0.108 e. The summed E-state index contributed by atoms with van der Waals surface area (Å²) >= 11 is 15.5. The number of rotatable bonds is 2. The second-order valence-electron chi connectivity index (χ2n) is 3.21. The van der Waals surface area contributed by atoms with Gasteiger partial charge in [-0.3, -0.25) is 0 Å². The fourth-order valence-corrected chi connectivity index (χ4v) is 5.50. The highest BCUT2D eigenvalue weighted by Gasteiger charge is 2.11. The lowest BCUT2D eigenvalue weighted by Gasteiger charge is -2.13. The molecule has 0 nitrogen and oxygen atoms in total. The molecule has 0 aliphatic heterocycles. The Balaban J connectivity index is 3.12. The van der Waals surface area contributed by atoms with E-state index in [1.165, 1.54) is 21.6 Å². The van der Waals surface area contributed by atoms with E-state index in [-0.39, 0.29) is 0 Å². The highest BCUT2D eigenvalue weighted by Crippen LogP contribution is 2.70. The molecule has 1 aromatic rings. The van der Waals surface area contributed by atoms with Gasteiger partial charge in [-0.25, -0.2) is 0 Å². The van der Waals surface area contributed by atoms with Crippen molar-refractivity contribution in [2.45, 2.75) is 25.7 Å². The molecule has 0 unspecified atom stereocenters. The summed E-state index contributed by atoms with van der Waals surface area (Å²) in [5.74, 6) is 0. The van der Waals surface area contributed by atoms with Gasteiger partial charge in [0.15, 0.2) is 0 Å². The van der Waals surface area contributed by atoms with Crippen LogP contribution in [0.2, 0.25) is 0 Å². The lowest BCUT2D eigenvalue weighted by molar-refractivity contribution is 1.19. The van der Waals surface area contributed by atoms with E-state index in [4.69, 9.17) is 11.8 Å². The summed E-state index contributed by atoms with van der Waals surface area (Å²) in [7, 11) is 0. The van der Waals surface area contributed by atoms with E-state index in [0.717, 1.165) is 0 Å². The summed E-state index contributed by atoms with van der Waals surface area (Å²) in [5.41, 5.74) is 3.95. The largest absolute Gasteiger partial charge is 0.121 e. The van der Waals surface area contributed by atoms with Crippen LogP contribution >= 0.6 is 39.5 Å². The van der Waals surface area contributed by atoms with Crippen molar-refractivity contribution in [1.29, 1.82) is 0 Å². The normalized spacial score (nSPS) is 11.8. The maximum absolute atomic E-state index is 5.21. The highest BCUT2D eigenvalue weighted by molar-refractivity contribution is 9.17. The van der Waals surface area contributed by atoms with E-state index in [1.54, 1.807) is 11.4 Å². The van der Waals surface area contributed by atoms with Crippen LogP contribution in [0.25, 0.3) is 0 Å². The van der Waals surface area contributed by atoms with Crippen LogP contribution in [0.3, 0.4) is 0 Å². The van der Waals surface area contributed by atoms with E-state index in [0.29, 0.717) is 0 Å². The molecule has 1 rings (SSSR count). The van der Waals surface area contributed by atoms with Gasteiger partial charge in [-0.05, 0) is 43.5 Å². The molecule has 0 N–H and O–H groups in total. The summed E-state index contributed by atoms with van der Waals surface area (Å²) in [4.78, 5) is 1.21.